The first-order chi connectivity index (χ1) is 7.90. The predicted octanol–water partition coefficient (Wildman–Crippen LogP) is 2.67. The first-order valence-electron chi connectivity index (χ1n) is 5.59. The van der Waals surface area contributed by atoms with E-state index in [-0.39, 0.29) is 11.9 Å². The Labute approximate surface area is 121 Å². The molecule has 0 saturated heterocycles. The van der Waals surface area contributed by atoms with Crippen LogP contribution in [0.2, 0.25) is 0 Å². The number of carbonyl (C=O) groups is 1. The lowest BCUT2D eigenvalue weighted by Crippen LogP contribution is -2.44. The van der Waals surface area contributed by atoms with Crippen molar-refractivity contribution < 1.29 is 4.79 Å². The van der Waals surface area contributed by atoms with Gasteiger partial charge in [0.05, 0.1) is 8.45 Å². The molecule has 3 nitrogen and oxygen atoms in total. The van der Waals surface area contributed by atoms with Crippen molar-refractivity contribution in [3.63, 3.8) is 0 Å². The molecule has 0 spiro atoms. The Hall–Kier alpha value is -0.140. The fourth-order valence-electron chi connectivity index (χ4n) is 1.50. The highest BCUT2D eigenvalue weighted by Crippen LogP contribution is 2.17. The van der Waals surface area contributed by atoms with Crippen LogP contribution in [-0.2, 0) is 0 Å². The van der Waals surface area contributed by atoms with Crippen molar-refractivity contribution in [2.24, 2.45) is 5.92 Å². The van der Waals surface area contributed by atoms with Crippen molar-refractivity contribution in [3.05, 3.63) is 19.9 Å². The molecule has 1 aromatic heterocycles. The van der Waals surface area contributed by atoms with Crippen molar-refractivity contribution >= 4 is 39.8 Å². The minimum atomic E-state index is 0.0321. The van der Waals surface area contributed by atoms with Gasteiger partial charge in [0.25, 0.3) is 5.91 Å². The molecule has 5 heteroatoms. The molecular weight excluding hydrogens is 347 g/mol. The van der Waals surface area contributed by atoms with Crippen molar-refractivity contribution in [1.29, 1.82) is 0 Å². The molecule has 0 aliphatic heterocycles. The molecule has 0 bridgehead atoms. The van der Waals surface area contributed by atoms with E-state index in [1.165, 1.54) is 0 Å². The summed E-state index contributed by atoms with van der Waals surface area (Å²) >= 11 is 3.83. The number of hydrogen-bond donors (Lipinski definition) is 1. The van der Waals surface area contributed by atoms with Crippen LogP contribution >= 0.6 is 33.9 Å². The van der Waals surface area contributed by atoms with Crippen LogP contribution in [0.25, 0.3) is 0 Å². The third kappa shape index (κ3) is 4.93. The summed E-state index contributed by atoms with van der Waals surface area (Å²) in [6.45, 7) is 5.13. The van der Waals surface area contributed by atoms with Crippen LogP contribution in [0.1, 0.15) is 24.2 Å². The average Bonchev–Trinajstić information content (AvgIpc) is 2.63. The molecule has 1 atom stereocenters. The summed E-state index contributed by atoms with van der Waals surface area (Å²) in [5, 5.41) is 5.01. The molecule has 0 fully saturated rings. The molecular formula is C12H19IN2OS. The standard InChI is InChI=1S/C12H19IN2OS/c1-8(2)10(6-15(3)4)14-12(16)9-5-11(13)17-7-9/h5,7-8,10H,6H2,1-4H3,(H,14,16). The Bertz CT molecular complexity index is 376. The average molecular weight is 366 g/mol. The maximum Gasteiger partial charge on any atom is 0.252 e. The van der Waals surface area contributed by atoms with Gasteiger partial charge in [-0.15, -0.1) is 11.3 Å². The van der Waals surface area contributed by atoms with E-state index in [1.807, 2.05) is 25.5 Å². The molecule has 1 heterocycles. The molecule has 17 heavy (non-hydrogen) atoms. The van der Waals surface area contributed by atoms with Crippen LogP contribution in [0.4, 0.5) is 0 Å². The molecule has 1 aromatic rings. The summed E-state index contributed by atoms with van der Waals surface area (Å²) in [4.78, 5) is 14.1. The molecule has 1 N–H and O–H groups in total. The smallest absolute Gasteiger partial charge is 0.252 e. The van der Waals surface area contributed by atoms with Crippen LogP contribution in [0.5, 0.6) is 0 Å². The van der Waals surface area contributed by atoms with Gasteiger partial charge in [-0.25, -0.2) is 0 Å². The van der Waals surface area contributed by atoms with Gasteiger partial charge >= 0.3 is 0 Å². The zero-order valence-corrected chi connectivity index (χ0v) is 13.6. The number of amides is 1. The normalized spacial score (nSPS) is 13.1. The largest absolute Gasteiger partial charge is 0.348 e. The van der Waals surface area contributed by atoms with E-state index in [2.05, 4.69) is 46.7 Å². The second-order valence-corrected chi connectivity index (χ2v) is 7.53. The minimum absolute atomic E-state index is 0.0321. The van der Waals surface area contributed by atoms with Crippen molar-refractivity contribution in [2.45, 2.75) is 19.9 Å². The topological polar surface area (TPSA) is 32.3 Å². The van der Waals surface area contributed by atoms with Gasteiger partial charge in [0.1, 0.15) is 0 Å². The summed E-state index contributed by atoms with van der Waals surface area (Å²) in [5.74, 6) is 0.462. The van der Waals surface area contributed by atoms with E-state index in [4.69, 9.17) is 0 Å². The highest BCUT2D eigenvalue weighted by atomic mass is 127. The van der Waals surface area contributed by atoms with Gasteiger partial charge in [0.15, 0.2) is 0 Å². The Kier molecular flexibility index (Phi) is 5.88. The number of halogens is 1. The maximum absolute atomic E-state index is 12.0. The highest BCUT2D eigenvalue weighted by Gasteiger charge is 2.18. The van der Waals surface area contributed by atoms with Crippen molar-refractivity contribution in [3.8, 4) is 0 Å². The van der Waals surface area contributed by atoms with Gasteiger partial charge in [0, 0.05) is 18.0 Å². The molecule has 96 valence electrons. The zero-order chi connectivity index (χ0) is 13.0. The quantitative estimate of drug-likeness (QED) is 0.813. The van der Waals surface area contributed by atoms with Crippen LogP contribution in [0.3, 0.4) is 0 Å². The van der Waals surface area contributed by atoms with Crippen LogP contribution in [0, 0.1) is 8.80 Å². The molecule has 1 amide bonds. The Morgan fingerprint density at radius 2 is 2.18 bits per heavy atom. The Balaban J connectivity index is 2.64. The van der Waals surface area contributed by atoms with Gasteiger partial charge in [-0.1, -0.05) is 13.8 Å². The minimum Gasteiger partial charge on any atom is -0.348 e. The number of hydrogen-bond acceptors (Lipinski definition) is 3. The number of thiophene rings is 1. The van der Waals surface area contributed by atoms with Crippen LogP contribution in [-0.4, -0.2) is 37.5 Å². The summed E-state index contributed by atoms with van der Waals surface area (Å²) in [6, 6.07) is 2.11. The maximum atomic E-state index is 12.0. The molecule has 0 aliphatic rings. The van der Waals surface area contributed by atoms with Crippen molar-refractivity contribution in [2.75, 3.05) is 20.6 Å². The van der Waals surface area contributed by atoms with Crippen LogP contribution in [0.15, 0.2) is 11.4 Å². The van der Waals surface area contributed by atoms with Crippen molar-refractivity contribution in [1.82, 2.24) is 10.2 Å². The third-order valence-corrected chi connectivity index (χ3v) is 4.30. The number of rotatable bonds is 5. The predicted molar refractivity (Wildman–Crippen MR) is 81.7 cm³/mol. The Morgan fingerprint density at radius 3 is 2.59 bits per heavy atom. The molecule has 1 unspecified atom stereocenters. The lowest BCUT2D eigenvalue weighted by molar-refractivity contribution is 0.0917. The summed E-state index contributed by atoms with van der Waals surface area (Å²) in [7, 11) is 4.05. The van der Waals surface area contributed by atoms with E-state index < -0.39 is 0 Å². The number of nitrogens with zero attached hydrogens (tertiary/aromatic N) is 1. The molecule has 0 radical (unpaired) electrons. The lowest BCUT2D eigenvalue weighted by Gasteiger charge is -2.25. The fourth-order valence-corrected chi connectivity index (χ4v) is 2.82. The van der Waals surface area contributed by atoms with Gasteiger partial charge in [0.2, 0.25) is 0 Å². The van der Waals surface area contributed by atoms with Gasteiger partial charge in [-0.05, 0) is 48.7 Å². The summed E-state index contributed by atoms with van der Waals surface area (Å²) < 4.78 is 1.14. The summed E-state index contributed by atoms with van der Waals surface area (Å²) in [6.07, 6.45) is 0. The monoisotopic (exact) mass is 366 g/mol. The number of likely N-dealkylation sites (N-methyl/N-ethyl adjacent to an activating group) is 1. The second-order valence-electron chi connectivity index (χ2n) is 4.73. The molecule has 0 aliphatic carbocycles. The first kappa shape index (κ1) is 14.9. The fraction of sp³-hybridized carbons (Fsp3) is 0.583. The lowest BCUT2D eigenvalue weighted by atomic mass is 10.0. The molecule has 1 rings (SSSR count). The highest BCUT2D eigenvalue weighted by molar-refractivity contribution is 14.1. The van der Waals surface area contributed by atoms with Gasteiger partial charge < -0.3 is 10.2 Å². The van der Waals surface area contributed by atoms with E-state index in [1.54, 1.807) is 11.3 Å². The van der Waals surface area contributed by atoms with E-state index >= 15 is 0 Å². The zero-order valence-electron chi connectivity index (χ0n) is 10.7. The van der Waals surface area contributed by atoms with E-state index in [0.717, 1.165) is 15.0 Å². The van der Waals surface area contributed by atoms with Crippen LogP contribution < -0.4 is 5.32 Å². The second kappa shape index (κ2) is 6.70. The third-order valence-electron chi connectivity index (χ3n) is 2.51. The van der Waals surface area contributed by atoms with Gasteiger partial charge in [-0.2, -0.15) is 0 Å². The summed E-state index contributed by atoms with van der Waals surface area (Å²) in [5.41, 5.74) is 0.767. The van der Waals surface area contributed by atoms with E-state index in [0.29, 0.717) is 5.92 Å². The Morgan fingerprint density at radius 1 is 1.53 bits per heavy atom. The SMILES string of the molecule is CC(C)C(CN(C)C)NC(=O)c1csc(I)c1. The number of carbonyl (C=O) groups excluding carboxylic acids is 1. The molecule has 0 saturated carbocycles. The van der Waals surface area contributed by atoms with Gasteiger partial charge in [-0.3, -0.25) is 4.79 Å². The first-order valence-corrected chi connectivity index (χ1v) is 7.55. The molecule has 0 aromatic carbocycles. The number of nitrogens with one attached hydrogen (secondary N) is 1. The van der Waals surface area contributed by atoms with E-state index in [9.17, 15) is 4.79 Å².